The van der Waals surface area contributed by atoms with Crippen LogP contribution >= 0.6 is 11.3 Å². The predicted octanol–water partition coefficient (Wildman–Crippen LogP) is 4.18. The van der Waals surface area contributed by atoms with Crippen LogP contribution in [0.3, 0.4) is 0 Å². The Balaban J connectivity index is 1.28. The number of amides is 1. The number of benzene rings is 1. The maximum absolute atomic E-state index is 13.3. The number of nitrogens with zero attached hydrogens (tertiary/aromatic N) is 2. The smallest absolute Gasteiger partial charge is 0.290 e. The lowest BCUT2D eigenvalue weighted by Gasteiger charge is -2.31. The van der Waals surface area contributed by atoms with E-state index in [2.05, 4.69) is 15.4 Å². The third-order valence-corrected chi connectivity index (χ3v) is 5.93. The lowest BCUT2D eigenvalue weighted by Crippen LogP contribution is -2.32. The highest BCUT2D eigenvalue weighted by Gasteiger charge is 2.24. The molecule has 0 bridgehead atoms. The zero-order chi connectivity index (χ0) is 19.3. The van der Waals surface area contributed by atoms with Gasteiger partial charge in [0.25, 0.3) is 5.91 Å². The summed E-state index contributed by atoms with van der Waals surface area (Å²) in [5.74, 6) is 0.107. The van der Waals surface area contributed by atoms with Crippen molar-refractivity contribution in [1.29, 1.82) is 0 Å². The van der Waals surface area contributed by atoms with Gasteiger partial charge in [0.2, 0.25) is 5.76 Å². The quantitative estimate of drug-likeness (QED) is 0.675. The van der Waals surface area contributed by atoms with E-state index in [4.69, 9.17) is 4.52 Å². The molecule has 28 heavy (non-hydrogen) atoms. The maximum atomic E-state index is 13.3. The number of thiophene rings is 1. The minimum atomic E-state index is -0.240. The number of carbonyl (C=O) groups is 1. The minimum Gasteiger partial charge on any atom is -0.351 e. The molecular formula is C21H22FN3O2S. The van der Waals surface area contributed by atoms with Crippen LogP contribution in [-0.2, 0) is 13.1 Å². The number of hydrogen-bond acceptors (Lipinski definition) is 5. The molecule has 3 heterocycles. The molecule has 1 fully saturated rings. The van der Waals surface area contributed by atoms with E-state index >= 15 is 0 Å². The highest BCUT2D eigenvalue weighted by atomic mass is 32.1. The Morgan fingerprint density at radius 3 is 2.86 bits per heavy atom. The van der Waals surface area contributed by atoms with Crippen LogP contribution in [0.15, 0.2) is 52.4 Å². The molecule has 1 amide bonds. The number of halogens is 1. The molecule has 1 aromatic carbocycles. The molecule has 0 saturated carbocycles. The van der Waals surface area contributed by atoms with Crippen LogP contribution in [0.4, 0.5) is 4.39 Å². The summed E-state index contributed by atoms with van der Waals surface area (Å²) in [5, 5.41) is 8.96. The van der Waals surface area contributed by atoms with E-state index < -0.39 is 0 Å². The minimum absolute atomic E-state index is 0.195. The number of piperidine rings is 1. The lowest BCUT2D eigenvalue weighted by molar-refractivity contribution is 0.0914. The number of aromatic nitrogens is 1. The molecule has 2 aromatic heterocycles. The van der Waals surface area contributed by atoms with Crippen molar-refractivity contribution in [2.75, 3.05) is 13.1 Å². The summed E-state index contributed by atoms with van der Waals surface area (Å²) in [6.45, 7) is 3.06. The van der Waals surface area contributed by atoms with Gasteiger partial charge in [0.05, 0.1) is 12.2 Å². The summed E-state index contributed by atoms with van der Waals surface area (Å²) in [5.41, 5.74) is 1.83. The van der Waals surface area contributed by atoms with Crippen LogP contribution < -0.4 is 5.32 Å². The third kappa shape index (κ3) is 4.66. The molecule has 1 saturated heterocycles. The molecule has 5 nitrogen and oxygen atoms in total. The van der Waals surface area contributed by atoms with Crippen LogP contribution in [0.2, 0.25) is 0 Å². The van der Waals surface area contributed by atoms with Crippen LogP contribution in [0.5, 0.6) is 0 Å². The van der Waals surface area contributed by atoms with E-state index in [0.29, 0.717) is 6.54 Å². The Morgan fingerprint density at radius 2 is 2.11 bits per heavy atom. The fourth-order valence-electron chi connectivity index (χ4n) is 3.54. The second-order valence-electron chi connectivity index (χ2n) is 7.06. The van der Waals surface area contributed by atoms with Crippen molar-refractivity contribution in [3.63, 3.8) is 0 Å². The van der Waals surface area contributed by atoms with E-state index in [1.807, 2.05) is 23.6 Å². The summed E-state index contributed by atoms with van der Waals surface area (Å²) in [6.07, 6.45) is 1.89. The second kappa shape index (κ2) is 8.67. The van der Waals surface area contributed by atoms with Crippen molar-refractivity contribution in [2.24, 2.45) is 0 Å². The Hall–Kier alpha value is -2.51. The molecule has 1 aliphatic rings. The molecule has 4 rings (SSSR count). The highest BCUT2D eigenvalue weighted by molar-refractivity contribution is 7.09. The molecule has 146 valence electrons. The third-order valence-electron chi connectivity index (χ3n) is 5.06. The normalized spacial score (nSPS) is 15.6. The van der Waals surface area contributed by atoms with Gasteiger partial charge in [0, 0.05) is 23.4 Å². The van der Waals surface area contributed by atoms with Gasteiger partial charge in [-0.3, -0.25) is 9.69 Å². The Labute approximate surface area is 167 Å². The van der Waals surface area contributed by atoms with Gasteiger partial charge in [-0.2, -0.15) is 0 Å². The van der Waals surface area contributed by atoms with Crippen LogP contribution in [-0.4, -0.2) is 29.1 Å². The SMILES string of the molecule is O=C(NCc1cccs1)c1cc(C2CCN(Cc3cccc(F)c3)CC2)no1. The monoisotopic (exact) mass is 399 g/mol. The van der Waals surface area contributed by atoms with Crippen molar-refractivity contribution in [1.82, 2.24) is 15.4 Å². The first-order chi connectivity index (χ1) is 13.7. The summed E-state index contributed by atoms with van der Waals surface area (Å²) < 4.78 is 18.6. The van der Waals surface area contributed by atoms with Crippen LogP contribution in [0, 0.1) is 5.82 Å². The molecule has 0 atom stereocenters. The molecule has 1 N–H and O–H groups in total. The summed E-state index contributed by atoms with van der Waals surface area (Å²) in [4.78, 5) is 15.7. The van der Waals surface area contributed by atoms with Gasteiger partial charge in [-0.1, -0.05) is 23.4 Å². The van der Waals surface area contributed by atoms with E-state index in [-0.39, 0.29) is 23.4 Å². The van der Waals surface area contributed by atoms with Gasteiger partial charge in [-0.05, 0) is 55.1 Å². The Kier molecular flexibility index (Phi) is 5.83. The molecule has 0 aliphatic carbocycles. The van der Waals surface area contributed by atoms with Crippen molar-refractivity contribution in [2.45, 2.75) is 31.8 Å². The molecule has 0 radical (unpaired) electrons. The molecule has 0 unspecified atom stereocenters. The number of nitrogens with one attached hydrogen (secondary N) is 1. The molecule has 3 aromatic rings. The van der Waals surface area contributed by atoms with Gasteiger partial charge < -0.3 is 9.84 Å². The summed E-state index contributed by atoms with van der Waals surface area (Å²) in [7, 11) is 0. The van der Waals surface area contributed by atoms with Crippen molar-refractivity contribution in [3.05, 3.63) is 75.6 Å². The van der Waals surface area contributed by atoms with Crippen LogP contribution in [0.1, 0.15) is 45.4 Å². The summed E-state index contributed by atoms with van der Waals surface area (Å²) in [6, 6.07) is 12.5. The largest absolute Gasteiger partial charge is 0.351 e. The predicted molar refractivity (Wildman–Crippen MR) is 106 cm³/mol. The highest BCUT2D eigenvalue weighted by Crippen LogP contribution is 2.28. The molecule has 7 heteroatoms. The van der Waals surface area contributed by atoms with Gasteiger partial charge in [-0.25, -0.2) is 4.39 Å². The van der Waals surface area contributed by atoms with E-state index in [0.717, 1.165) is 48.6 Å². The van der Waals surface area contributed by atoms with Crippen molar-refractivity contribution in [3.8, 4) is 0 Å². The lowest BCUT2D eigenvalue weighted by atomic mass is 9.93. The first kappa shape index (κ1) is 18.8. The Bertz CT molecular complexity index is 917. The van der Waals surface area contributed by atoms with Gasteiger partial charge in [0.1, 0.15) is 5.82 Å². The Morgan fingerprint density at radius 1 is 1.25 bits per heavy atom. The fraction of sp³-hybridized carbons (Fsp3) is 0.333. The zero-order valence-corrected chi connectivity index (χ0v) is 16.3. The average Bonchev–Trinajstić information content (AvgIpc) is 3.39. The number of rotatable bonds is 6. The van der Waals surface area contributed by atoms with E-state index in [9.17, 15) is 9.18 Å². The second-order valence-corrected chi connectivity index (χ2v) is 8.09. The molecule has 1 aliphatic heterocycles. The summed E-state index contributed by atoms with van der Waals surface area (Å²) >= 11 is 1.60. The number of hydrogen-bond donors (Lipinski definition) is 1. The van der Waals surface area contributed by atoms with Crippen LogP contribution in [0.25, 0.3) is 0 Å². The molecule has 0 spiro atoms. The van der Waals surface area contributed by atoms with Gasteiger partial charge in [0.15, 0.2) is 0 Å². The van der Waals surface area contributed by atoms with Gasteiger partial charge >= 0.3 is 0 Å². The fourth-order valence-corrected chi connectivity index (χ4v) is 4.18. The first-order valence-corrected chi connectivity index (χ1v) is 10.3. The standard InChI is InChI=1S/C21H22FN3O2S/c22-17-4-1-3-15(11-17)14-25-8-6-16(7-9-25)19-12-20(27-24-19)21(26)23-13-18-5-2-10-28-18/h1-5,10-12,16H,6-9,13-14H2,(H,23,26). The average molecular weight is 399 g/mol. The molecular weight excluding hydrogens is 377 g/mol. The first-order valence-electron chi connectivity index (χ1n) is 9.41. The maximum Gasteiger partial charge on any atom is 0.290 e. The van der Waals surface area contributed by atoms with E-state index in [1.165, 1.54) is 6.07 Å². The van der Waals surface area contributed by atoms with Crippen molar-refractivity contribution >= 4 is 17.2 Å². The number of likely N-dealkylation sites (tertiary alicyclic amines) is 1. The zero-order valence-electron chi connectivity index (χ0n) is 15.4. The van der Waals surface area contributed by atoms with E-state index in [1.54, 1.807) is 29.5 Å². The topological polar surface area (TPSA) is 58.4 Å². The van der Waals surface area contributed by atoms with Crippen molar-refractivity contribution < 1.29 is 13.7 Å². The van der Waals surface area contributed by atoms with Gasteiger partial charge in [-0.15, -0.1) is 11.3 Å². The number of carbonyl (C=O) groups excluding carboxylic acids is 1.